The second kappa shape index (κ2) is 5.62. The molecule has 0 saturated carbocycles. The molecule has 3 rings (SSSR count). The van der Waals surface area contributed by atoms with Crippen molar-refractivity contribution in [2.45, 2.75) is 45.8 Å². The van der Waals surface area contributed by atoms with Gasteiger partial charge in [0, 0.05) is 11.8 Å². The monoisotopic (exact) mass is 329 g/mol. The average molecular weight is 330 g/mol. The van der Waals surface area contributed by atoms with Gasteiger partial charge in [0.25, 0.3) is 0 Å². The fourth-order valence-corrected chi connectivity index (χ4v) is 2.86. The van der Waals surface area contributed by atoms with Gasteiger partial charge in [0.2, 0.25) is 0 Å². The smallest absolute Gasteiger partial charge is 0.399 e. The van der Waals surface area contributed by atoms with Crippen LogP contribution in [0, 0.1) is 6.92 Å². The number of hydrogen-bond acceptors (Lipinski definition) is 3. The van der Waals surface area contributed by atoms with Gasteiger partial charge in [-0.05, 0) is 51.2 Å². The van der Waals surface area contributed by atoms with Crippen molar-refractivity contribution < 1.29 is 9.31 Å². The molecule has 2 heterocycles. The van der Waals surface area contributed by atoms with Crippen LogP contribution < -0.4 is 5.46 Å². The summed E-state index contributed by atoms with van der Waals surface area (Å²) in [5.41, 5.74) is 3.12. The Labute approximate surface area is 143 Å². The first kappa shape index (κ1) is 16.5. The van der Waals surface area contributed by atoms with Crippen molar-refractivity contribution in [2.24, 2.45) is 0 Å². The third-order valence-corrected chi connectivity index (χ3v) is 5.27. The number of hydrogen-bond donors (Lipinski definition) is 0. The number of rotatable bonds is 2. The fourth-order valence-electron chi connectivity index (χ4n) is 2.71. The number of aromatic nitrogens is 1. The van der Waals surface area contributed by atoms with Gasteiger partial charge >= 0.3 is 7.12 Å². The summed E-state index contributed by atoms with van der Waals surface area (Å²) in [4.78, 5) is 4.31. The third-order valence-electron chi connectivity index (χ3n) is 4.88. The molecule has 1 aromatic heterocycles. The SMILES string of the molecule is Cc1c(Cl)ncc(-c2ccccc2)c1B1OC(C)(C)C(C)(C)O1. The standard InChI is InChI=1S/C18H21BClNO2/c1-12-15(19-22-17(2,3)18(4,5)23-19)14(11-21-16(12)20)13-9-7-6-8-10-13/h6-11H,1-5H3. The normalized spacial score (nSPS) is 19.1. The van der Waals surface area contributed by atoms with E-state index in [2.05, 4.69) is 17.1 Å². The number of nitrogens with zero attached hydrogens (tertiary/aromatic N) is 1. The highest BCUT2D eigenvalue weighted by Gasteiger charge is 2.52. The van der Waals surface area contributed by atoms with Crippen molar-refractivity contribution in [2.75, 3.05) is 0 Å². The topological polar surface area (TPSA) is 31.4 Å². The molecule has 1 saturated heterocycles. The molecule has 1 aliphatic rings. The zero-order valence-corrected chi connectivity index (χ0v) is 14.9. The van der Waals surface area contributed by atoms with Gasteiger partial charge < -0.3 is 9.31 Å². The van der Waals surface area contributed by atoms with Gasteiger partial charge in [-0.3, -0.25) is 0 Å². The van der Waals surface area contributed by atoms with E-state index in [4.69, 9.17) is 20.9 Å². The Balaban J connectivity index is 2.14. The molecule has 0 N–H and O–H groups in total. The Bertz CT molecular complexity index is 715. The van der Waals surface area contributed by atoms with Gasteiger partial charge in [0.05, 0.1) is 11.2 Å². The molecule has 1 fully saturated rings. The highest BCUT2D eigenvalue weighted by molar-refractivity contribution is 6.64. The summed E-state index contributed by atoms with van der Waals surface area (Å²) in [5.74, 6) is 0. The van der Waals surface area contributed by atoms with E-state index in [1.54, 1.807) is 6.20 Å². The third kappa shape index (κ3) is 2.80. The largest absolute Gasteiger partial charge is 0.495 e. The molecule has 0 atom stereocenters. The zero-order valence-electron chi connectivity index (χ0n) is 14.2. The van der Waals surface area contributed by atoms with Crippen LogP contribution in [0.25, 0.3) is 11.1 Å². The molecule has 120 valence electrons. The van der Waals surface area contributed by atoms with Crippen LogP contribution in [0.1, 0.15) is 33.3 Å². The molecular formula is C18H21BClNO2. The predicted octanol–water partition coefficient (Wildman–Crippen LogP) is 4.01. The Morgan fingerprint density at radius 3 is 2.13 bits per heavy atom. The van der Waals surface area contributed by atoms with Gasteiger partial charge in [0.1, 0.15) is 5.15 Å². The second-order valence-corrected chi connectivity index (χ2v) is 7.31. The molecule has 0 unspecified atom stereocenters. The van der Waals surface area contributed by atoms with Crippen molar-refractivity contribution in [1.29, 1.82) is 0 Å². The van der Waals surface area contributed by atoms with Crippen LogP contribution in [0.3, 0.4) is 0 Å². The van der Waals surface area contributed by atoms with Crippen LogP contribution in [0.5, 0.6) is 0 Å². The zero-order chi connectivity index (χ0) is 16.8. The highest BCUT2D eigenvalue weighted by Crippen LogP contribution is 2.38. The van der Waals surface area contributed by atoms with E-state index in [1.165, 1.54) is 0 Å². The van der Waals surface area contributed by atoms with Crippen molar-refractivity contribution >= 4 is 24.2 Å². The average Bonchev–Trinajstić information content (AvgIpc) is 2.70. The minimum Gasteiger partial charge on any atom is -0.399 e. The summed E-state index contributed by atoms with van der Waals surface area (Å²) in [6.45, 7) is 10.2. The molecule has 3 nitrogen and oxygen atoms in total. The number of pyridine rings is 1. The molecule has 0 amide bonds. The van der Waals surface area contributed by atoms with Gasteiger partial charge in [0.15, 0.2) is 0 Å². The van der Waals surface area contributed by atoms with Crippen LogP contribution in [0.2, 0.25) is 5.15 Å². The quantitative estimate of drug-likeness (QED) is 0.616. The van der Waals surface area contributed by atoms with E-state index >= 15 is 0 Å². The van der Waals surface area contributed by atoms with Crippen molar-refractivity contribution in [3.8, 4) is 11.1 Å². The lowest BCUT2D eigenvalue weighted by molar-refractivity contribution is 0.00578. The summed E-state index contributed by atoms with van der Waals surface area (Å²) in [5, 5.41) is 0.481. The maximum absolute atomic E-state index is 6.27. The molecule has 2 aromatic rings. The van der Waals surface area contributed by atoms with Gasteiger partial charge in [-0.15, -0.1) is 0 Å². The molecule has 5 heteroatoms. The first-order valence-electron chi connectivity index (χ1n) is 7.79. The van der Waals surface area contributed by atoms with Gasteiger partial charge in [-0.25, -0.2) is 4.98 Å². The summed E-state index contributed by atoms with van der Waals surface area (Å²) >= 11 is 6.27. The van der Waals surface area contributed by atoms with E-state index in [-0.39, 0.29) is 0 Å². The first-order valence-corrected chi connectivity index (χ1v) is 8.17. The fraction of sp³-hybridized carbons (Fsp3) is 0.389. The maximum Gasteiger partial charge on any atom is 0.495 e. The Hall–Kier alpha value is -1.36. The van der Waals surface area contributed by atoms with Crippen molar-refractivity contribution in [3.05, 3.63) is 47.2 Å². The van der Waals surface area contributed by atoms with E-state index in [9.17, 15) is 0 Å². The lowest BCUT2D eigenvalue weighted by Crippen LogP contribution is -2.41. The Kier molecular flexibility index (Phi) is 4.03. The molecule has 1 aliphatic heterocycles. The van der Waals surface area contributed by atoms with E-state index in [0.29, 0.717) is 5.15 Å². The van der Waals surface area contributed by atoms with Crippen LogP contribution in [0.4, 0.5) is 0 Å². The minimum absolute atomic E-state index is 0.395. The van der Waals surface area contributed by atoms with E-state index in [1.807, 2.05) is 52.8 Å². The maximum atomic E-state index is 6.27. The number of benzene rings is 1. The van der Waals surface area contributed by atoms with Crippen molar-refractivity contribution in [3.63, 3.8) is 0 Å². The van der Waals surface area contributed by atoms with Gasteiger partial charge in [-0.1, -0.05) is 41.9 Å². The summed E-state index contributed by atoms with van der Waals surface area (Å²) < 4.78 is 12.5. The number of halogens is 1. The molecule has 1 aromatic carbocycles. The minimum atomic E-state index is -0.462. The van der Waals surface area contributed by atoms with Crippen LogP contribution in [0.15, 0.2) is 36.5 Å². The Morgan fingerprint density at radius 1 is 1.00 bits per heavy atom. The lowest BCUT2D eigenvalue weighted by Gasteiger charge is -2.32. The highest BCUT2D eigenvalue weighted by atomic mass is 35.5. The van der Waals surface area contributed by atoms with Crippen LogP contribution >= 0.6 is 11.6 Å². The Morgan fingerprint density at radius 2 is 1.57 bits per heavy atom. The first-order chi connectivity index (χ1) is 10.7. The van der Waals surface area contributed by atoms with E-state index < -0.39 is 18.3 Å². The van der Waals surface area contributed by atoms with E-state index in [0.717, 1.165) is 22.2 Å². The lowest BCUT2D eigenvalue weighted by atomic mass is 9.72. The molecule has 23 heavy (non-hydrogen) atoms. The molecule has 0 bridgehead atoms. The van der Waals surface area contributed by atoms with Crippen molar-refractivity contribution in [1.82, 2.24) is 4.98 Å². The predicted molar refractivity (Wildman–Crippen MR) is 95.1 cm³/mol. The van der Waals surface area contributed by atoms with Crippen LogP contribution in [-0.2, 0) is 9.31 Å². The summed E-state index contributed by atoms with van der Waals surface area (Å²) in [6.07, 6.45) is 1.80. The second-order valence-electron chi connectivity index (χ2n) is 6.96. The molecule has 0 aliphatic carbocycles. The summed E-state index contributed by atoms with van der Waals surface area (Å²) in [6, 6.07) is 10.1. The molecular weight excluding hydrogens is 308 g/mol. The van der Waals surface area contributed by atoms with Crippen LogP contribution in [-0.4, -0.2) is 23.3 Å². The molecule has 0 spiro atoms. The van der Waals surface area contributed by atoms with Gasteiger partial charge in [-0.2, -0.15) is 0 Å². The molecule has 0 radical (unpaired) electrons. The summed E-state index contributed by atoms with van der Waals surface area (Å²) in [7, 11) is -0.462.